The van der Waals surface area contributed by atoms with Crippen molar-refractivity contribution in [3.8, 4) is 0 Å². The van der Waals surface area contributed by atoms with Crippen molar-refractivity contribution in [1.29, 1.82) is 0 Å². The molecule has 0 heterocycles. The molecule has 0 saturated carbocycles. The van der Waals surface area contributed by atoms with Gasteiger partial charge in [0.25, 0.3) is 0 Å². The molecular weight excluding hydrogens is 168 g/mol. The average molecular weight is 184 g/mol. The van der Waals surface area contributed by atoms with Gasteiger partial charge < -0.3 is 4.74 Å². The van der Waals surface area contributed by atoms with Crippen molar-refractivity contribution in [2.24, 2.45) is 0 Å². The van der Waals surface area contributed by atoms with Gasteiger partial charge in [-0.15, -0.1) is 0 Å². The average Bonchev–Trinajstić information content (AvgIpc) is 1.81. The summed E-state index contributed by atoms with van der Waals surface area (Å²) in [6, 6.07) is 0. The van der Waals surface area contributed by atoms with E-state index in [1.807, 2.05) is 0 Å². The third-order valence-corrected chi connectivity index (χ3v) is 1.09. The predicted molar refractivity (Wildman–Crippen MR) is 50.3 cm³/mol. The molecule has 74 valence electrons. The van der Waals surface area contributed by atoms with Gasteiger partial charge >= 0.3 is 5.97 Å². The van der Waals surface area contributed by atoms with Crippen molar-refractivity contribution in [2.45, 2.75) is 39.7 Å². The maximum absolute atomic E-state index is 11.1. The van der Waals surface area contributed by atoms with Gasteiger partial charge in [0.05, 0.1) is 0 Å². The van der Waals surface area contributed by atoms with E-state index in [0.29, 0.717) is 0 Å². The van der Waals surface area contributed by atoms with E-state index < -0.39 is 11.6 Å². The van der Waals surface area contributed by atoms with Gasteiger partial charge in [0.1, 0.15) is 12.0 Å². The molecule has 0 aliphatic heterocycles. The van der Waals surface area contributed by atoms with Crippen LogP contribution >= 0.6 is 0 Å². The van der Waals surface area contributed by atoms with E-state index in [9.17, 15) is 9.59 Å². The highest BCUT2D eigenvalue weighted by molar-refractivity contribution is 6.01. The summed E-state index contributed by atoms with van der Waals surface area (Å²) in [6.07, 6.45) is 2.79. The lowest BCUT2D eigenvalue weighted by molar-refractivity contribution is -0.155. The number of carbonyl (C=O) groups is 2. The van der Waals surface area contributed by atoms with Crippen LogP contribution in [0, 0.1) is 0 Å². The third kappa shape index (κ3) is 7.25. The highest BCUT2D eigenvalue weighted by Crippen LogP contribution is 2.08. The first kappa shape index (κ1) is 11.9. The molecule has 0 fully saturated rings. The normalized spacial score (nSPS) is 11.7. The van der Waals surface area contributed by atoms with Crippen LogP contribution < -0.4 is 0 Å². The van der Waals surface area contributed by atoms with Gasteiger partial charge in [0, 0.05) is 0 Å². The van der Waals surface area contributed by atoms with Crippen LogP contribution in [0.15, 0.2) is 12.2 Å². The number of esters is 1. The Hall–Kier alpha value is -1.12. The summed E-state index contributed by atoms with van der Waals surface area (Å²) in [7, 11) is 0. The van der Waals surface area contributed by atoms with Gasteiger partial charge in [-0.05, 0) is 33.8 Å². The molecule has 0 radical (unpaired) electrons. The van der Waals surface area contributed by atoms with E-state index in [0.717, 1.165) is 0 Å². The minimum Gasteiger partial charge on any atom is -0.460 e. The number of allylic oxidation sites excluding steroid dienone is 2. The molecule has 0 N–H and O–H groups in total. The number of ketones is 1. The molecule has 13 heavy (non-hydrogen) atoms. The Morgan fingerprint density at radius 2 is 1.85 bits per heavy atom. The first-order chi connectivity index (χ1) is 5.85. The summed E-state index contributed by atoms with van der Waals surface area (Å²) in [5, 5.41) is 0. The quantitative estimate of drug-likeness (QED) is 0.382. The standard InChI is InChI=1S/C10H16O3/c1-5-6-8(11)7-9(12)13-10(2,3)4/h5-6H,7H2,1-4H3/b6-5+. The van der Waals surface area contributed by atoms with Crippen molar-refractivity contribution >= 4 is 11.8 Å². The molecular formula is C10H16O3. The van der Waals surface area contributed by atoms with E-state index in [1.165, 1.54) is 6.08 Å². The van der Waals surface area contributed by atoms with Crippen molar-refractivity contribution in [3.05, 3.63) is 12.2 Å². The zero-order valence-electron chi connectivity index (χ0n) is 8.59. The van der Waals surface area contributed by atoms with Gasteiger partial charge in [-0.1, -0.05) is 6.08 Å². The summed E-state index contributed by atoms with van der Waals surface area (Å²) in [5.74, 6) is -0.702. The first-order valence-corrected chi connectivity index (χ1v) is 4.22. The molecule has 0 amide bonds. The van der Waals surface area contributed by atoms with Crippen LogP contribution in [0.25, 0.3) is 0 Å². The number of hydrogen-bond donors (Lipinski definition) is 0. The summed E-state index contributed by atoms with van der Waals surface area (Å²) in [5.41, 5.74) is -0.521. The van der Waals surface area contributed by atoms with E-state index in [4.69, 9.17) is 4.74 Å². The smallest absolute Gasteiger partial charge is 0.314 e. The second-order valence-corrected chi connectivity index (χ2v) is 3.73. The fourth-order valence-electron chi connectivity index (χ4n) is 0.765. The summed E-state index contributed by atoms with van der Waals surface area (Å²) < 4.78 is 4.96. The van der Waals surface area contributed by atoms with E-state index in [-0.39, 0.29) is 12.2 Å². The lowest BCUT2D eigenvalue weighted by Gasteiger charge is -2.18. The van der Waals surface area contributed by atoms with Crippen LogP contribution in [0.5, 0.6) is 0 Å². The van der Waals surface area contributed by atoms with Gasteiger partial charge in [0.2, 0.25) is 0 Å². The van der Waals surface area contributed by atoms with E-state index in [1.54, 1.807) is 33.8 Å². The number of hydrogen-bond acceptors (Lipinski definition) is 3. The maximum atomic E-state index is 11.1. The molecule has 0 spiro atoms. The van der Waals surface area contributed by atoms with Crippen LogP contribution in [0.1, 0.15) is 34.1 Å². The van der Waals surface area contributed by atoms with Crippen LogP contribution in [0.3, 0.4) is 0 Å². The molecule has 0 aromatic heterocycles. The zero-order valence-corrected chi connectivity index (χ0v) is 8.59. The number of rotatable bonds is 3. The Bertz CT molecular complexity index is 221. The van der Waals surface area contributed by atoms with Crippen molar-refractivity contribution in [1.82, 2.24) is 0 Å². The molecule has 0 aromatic carbocycles. The molecule has 0 unspecified atom stereocenters. The molecule has 0 atom stereocenters. The Kier molecular flexibility index (Phi) is 4.38. The minimum atomic E-state index is -0.521. The molecule has 0 saturated heterocycles. The molecule has 0 bridgehead atoms. The molecule has 3 heteroatoms. The second-order valence-electron chi connectivity index (χ2n) is 3.73. The highest BCUT2D eigenvalue weighted by atomic mass is 16.6. The first-order valence-electron chi connectivity index (χ1n) is 4.22. The van der Waals surface area contributed by atoms with Crippen molar-refractivity contribution in [3.63, 3.8) is 0 Å². The lowest BCUT2D eigenvalue weighted by Crippen LogP contribution is -2.24. The van der Waals surface area contributed by atoms with Gasteiger partial charge in [-0.3, -0.25) is 9.59 Å². The zero-order chi connectivity index (χ0) is 10.5. The van der Waals surface area contributed by atoms with Crippen LogP contribution in [0.4, 0.5) is 0 Å². The molecule has 0 rings (SSSR count). The maximum Gasteiger partial charge on any atom is 0.314 e. The molecule has 0 aliphatic rings. The molecule has 0 aromatic rings. The fraction of sp³-hybridized carbons (Fsp3) is 0.600. The van der Waals surface area contributed by atoms with Crippen molar-refractivity contribution in [2.75, 3.05) is 0 Å². The third-order valence-electron chi connectivity index (χ3n) is 1.09. The Labute approximate surface area is 78.8 Å². The minimum absolute atomic E-state index is 0.179. The largest absolute Gasteiger partial charge is 0.460 e. The van der Waals surface area contributed by atoms with Crippen molar-refractivity contribution < 1.29 is 14.3 Å². The molecule has 3 nitrogen and oxygen atoms in total. The second kappa shape index (κ2) is 4.80. The van der Waals surface area contributed by atoms with E-state index >= 15 is 0 Å². The Morgan fingerprint density at radius 3 is 2.23 bits per heavy atom. The number of carbonyl (C=O) groups excluding carboxylic acids is 2. The van der Waals surface area contributed by atoms with Gasteiger partial charge in [-0.2, -0.15) is 0 Å². The predicted octanol–water partition coefficient (Wildman–Crippen LogP) is 1.86. The van der Waals surface area contributed by atoms with E-state index in [2.05, 4.69) is 0 Å². The van der Waals surface area contributed by atoms with Crippen LogP contribution in [0.2, 0.25) is 0 Å². The summed E-state index contributed by atoms with van der Waals surface area (Å²) in [4.78, 5) is 22.0. The summed E-state index contributed by atoms with van der Waals surface area (Å²) >= 11 is 0. The molecule has 0 aliphatic carbocycles. The van der Waals surface area contributed by atoms with Crippen LogP contribution in [-0.2, 0) is 14.3 Å². The SMILES string of the molecule is C/C=C/C(=O)CC(=O)OC(C)(C)C. The topological polar surface area (TPSA) is 43.4 Å². The Morgan fingerprint density at radius 1 is 1.31 bits per heavy atom. The van der Waals surface area contributed by atoms with Gasteiger partial charge in [-0.25, -0.2) is 0 Å². The van der Waals surface area contributed by atoms with Gasteiger partial charge in [0.15, 0.2) is 5.78 Å². The van der Waals surface area contributed by atoms with Crippen LogP contribution in [-0.4, -0.2) is 17.4 Å². The monoisotopic (exact) mass is 184 g/mol. The summed E-state index contributed by atoms with van der Waals surface area (Å²) in [6.45, 7) is 7.04. The highest BCUT2D eigenvalue weighted by Gasteiger charge is 2.17. The lowest BCUT2D eigenvalue weighted by atomic mass is 10.2. The Balaban J connectivity index is 3.96. The number of ether oxygens (including phenoxy) is 1. The fourth-order valence-corrected chi connectivity index (χ4v) is 0.765.